The van der Waals surface area contributed by atoms with Gasteiger partial charge in [0.2, 0.25) is 0 Å². The molecule has 0 aromatic carbocycles. The number of carboxylic acid groups (broad SMARTS) is 2. The van der Waals surface area contributed by atoms with E-state index in [0.717, 1.165) is 20.9 Å². The van der Waals surface area contributed by atoms with Gasteiger partial charge in [0.1, 0.15) is 21.6 Å². The number of thiophene rings is 2. The average molecular weight is 577 g/mol. The molecular weight excluding hydrogens is 550 g/mol. The smallest absolute Gasteiger partial charge is 0.542 e. The third-order valence-corrected chi connectivity index (χ3v) is 8.57. The number of aromatic carboxylic acids is 2. The molecule has 10 nitrogen and oxygen atoms in total. The van der Waals surface area contributed by atoms with Gasteiger partial charge in [-0.3, -0.25) is 9.59 Å². The zero-order chi connectivity index (χ0) is 27.3. The number of rotatable bonds is 2. The fourth-order valence-corrected chi connectivity index (χ4v) is 6.39. The summed E-state index contributed by atoms with van der Waals surface area (Å²) in [4.78, 5) is 60.5. The number of hydrogen-bond acceptors (Lipinski definition) is 10. The van der Waals surface area contributed by atoms with E-state index in [2.05, 4.69) is 19.9 Å². The molecule has 2 N–H and O–H groups in total. The van der Waals surface area contributed by atoms with Gasteiger partial charge in [0.15, 0.2) is 11.6 Å². The Labute approximate surface area is 270 Å². The summed E-state index contributed by atoms with van der Waals surface area (Å²) in [6.45, 7) is 16.0. The van der Waals surface area contributed by atoms with Gasteiger partial charge in [0, 0.05) is 9.75 Å². The first kappa shape index (κ1) is 34.6. The van der Waals surface area contributed by atoms with Crippen LogP contribution >= 0.6 is 22.7 Å². The number of nitrogens with zero attached hydrogens (tertiary/aromatic N) is 2. The van der Waals surface area contributed by atoms with Gasteiger partial charge >= 0.3 is 59.1 Å². The largest absolute Gasteiger partial charge is 1.00 e. The van der Waals surface area contributed by atoms with Crippen molar-refractivity contribution in [3.05, 3.63) is 53.2 Å². The van der Waals surface area contributed by atoms with E-state index in [9.17, 15) is 29.4 Å². The summed E-state index contributed by atoms with van der Waals surface area (Å²) in [5, 5.41) is 22.4. The second-order valence-corrected chi connectivity index (χ2v) is 12.4. The molecule has 0 aliphatic rings. The Morgan fingerprint density at radius 2 is 0.974 bits per heavy atom. The first-order valence-electron chi connectivity index (χ1n) is 10.9. The minimum absolute atomic E-state index is 0. The van der Waals surface area contributed by atoms with Crippen LogP contribution in [0.3, 0.4) is 0 Å². The average Bonchev–Trinajstić information content (AvgIpc) is 3.26. The van der Waals surface area contributed by atoms with Crippen molar-refractivity contribution in [3.63, 3.8) is 0 Å². The second kappa shape index (κ2) is 12.4. The molecule has 0 bridgehead atoms. The molecule has 4 heterocycles. The predicted octanol–water partition coefficient (Wildman–Crippen LogP) is -4.08. The van der Waals surface area contributed by atoms with E-state index in [4.69, 9.17) is 0 Å². The Hall–Kier alpha value is -1.38. The third-order valence-electron chi connectivity index (χ3n) is 5.35. The van der Waals surface area contributed by atoms with Gasteiger partial charge < -0.3 is 29.8 Å². The number of H-pyrrole nitrogens is 2. The molecule has 0 saturated heterocycles. The van der Waals surface area contributed by atoms with Gasteiger partial charge in [0.05, 0.1) is 10.8 Å². The van der Waals surface area contributed by atoms with Crippen LogP contribution in [-0.2, 0) is 10.8 Å². The normalized spacial score (nSPS) is 11.4. The summed E-state index contributed by atoms with van der Waals surface area (Å²) in [7, 11) is 0. The van der Waals surface area contributed by atoms with Crippen LogP contribution < -0.4 is 80.4 Å². The van der Waals surface area contributed by atoms with Crippen molar-refractivity contribution in [2.24, 2.45) is 0 Å². The van der Waals surface area contributed by atoms with Crippen molar-refractivity contribution in [1.82, 2.24) is 19.9 Å². The maximum absolute atomic E-state index is 11.9. The first-order valence-corrected chi connectivity index (χ1v) is 12.6. The molecule has 0 saturated carbocycles. The third kappa shape index (κ3) is 7.03. The van der Waals surface area contributed by atoms with Crippen molar-refractivity contribution in [2.45, 2.75) is 66.2 Å². The van der Waals surface area contributed by atoms with Gasteiger partial charge in [-0.25, -0.2) is 9.97 Å². The van der Waals surface area contributed by atoms with Crippen molar-refractivity contribution >= 4 is 55.0 Å². The molecular formula is C24H26N4Na2O6S2. The number of aryl methyl sites for hydroxylation is 2. The van der Waals surface area contributed by atoms with Gasteiger partial charge in [-0.1, -0.05) is 41.5 Å². The van der Waals surface area contributed by atoms with Crippen molar-refractivity contribution in [1.29, 1.82) is 0 Å². The molecule has 0 aliphatic heterocycles. The molecule has 4 aromatic heterocycles. The van der Waals surface area contributed by atoms with Gasteiger partial charge in [-0.2, -0.15) is 0 Å². The summed E-state index contributed by atoms with van der Waals surface area (Å²) in [6.07, 6.45) is 0. The standard InChI is InChI=1S/2C12H14N2O3S.2Na/c2*1-5-6-9(15)13-8(11(16)17)14-10(6)18-7(5)12(2,3)4;;/h2*1-4H3,(H,16,17)(H,13,14,15);;/q;;2*+1/p-2. The maximum Gasteiger partial charge on any atom is 1.00 e. The summed E-state index contributed by atoms with van der Waals surface area (Å²) in [5.74, 6) is -3.79. The SMILES string of the molecule is Cc1c(C(C)(C)C)sc2nc(C(=O)[O-])[nH]c(=O)c12.Cc1c(C(C)(C)C)sc2nc(C(=O)[O-])[nH]c(=O)c12.[Na+].[Na+]. The number of carboxylic acids is 2. The van der Waals surface area contributed by atoms with Gasteiger partial charge in [-0.05, 0) is 35.8 Å². The summed E-state index contributed by atoms with van der Waals surface area (Å²) < 4.78 is 0. The number of aromatic nitrogens is 4. The van der Waals surface area contributed by atoms with E-state index in [-0.39, 0.29) is 69.9 Å². The number of aromatic amines is 2. The van der Waals surface area contributed by atoms with Crippen LogP contribution in [0.25, 0.3) is 20.4 Å². The van der Waals surface area contributed by atoms with Crippen LogP contribution in [0, 0.1) is 13.8 Å². The van der Waals surface area contributed by atoms with E-state index in [1.165, 1.54) is 22.7 Å². The van der Waals surface area contributed by atoms with Gasteiger partial charge in [0.25, 0.3) is 11.1 Å². The van der Waals surface area contributed by atoms with Crippen molar-refractivity contribution in [2.75, 3.05) is 0 Å². The van der Waals surface area contributed by atoms with Crippen LogP contribution in [-0.4, -0.2) is 31.9 Å². The quantitative estimate of drug-likeness (QED) is 0.227. The van der Waals surface area contributed by atoms with E-state index in [1.807, 2.05) is 55.4 Å². The zero-order valence-corrected chi connectivity index (χ0v) is 28.8. The molecule has 0 atom stereocenters. The Balaban J connectivity index is 0.000000361. The van der Waals surface area contributed by atoms with Crippen LogP contribution in [0.1, 0.15) is 83.7 Å². The monoisotopic (exact) mass is 576 g/mol. The summed E-state index contributed by atoms with van der Waals surface area (Å²) >= 11 is 2.71. The fourth-order valence-electron chi connectivity index (χ4n) is 3.91. The Bertz CT molecular complexity index is 1520. The number of carbonyl (C=O) groups excluding carboxylic acids is 2. The van der Waals surface area contributed by atoms with Crippen LogP contribution in [0.4, 0.5) is 0 Å². The maximum atomic E-state index is 11.9. The molecule has 38 heavy (non-hydrogen) atoms. The molecule has 4 aromatic rings. The molecule has 0 unspecified atom stereocenters. The van der Waals surface area contributed by atoms with Crippen molar-refractivity contribution < 1.29 is 78.9 Å². The number of hydrogen-bond donors (Lipinski definition) is 2. The van der Waals surface area contributed by atoms with Crippen LogP contribution in [0.15, 0.2) is 9.59 Å². The van der Waals surface area contributed by atoms with Gasteiger partial charge in [-0.15, -0.1) is 22.7 Å². The van der Waals surface area contributed by atoms with Crippen LogP contribution in [0.2, 0.25) is 0 Å². The number of nitrogens with one attached hydrogen (secondary N) is 2. The molecule has 0 spiro atoms. The molecule has 4 rings (SSSR count). The predicted molar refractivity (Wildman–Crippen MR) is 136 cm³/mol. The minimum atomic E-state index is -1.47. The molecule has 0 radical (unpaired) electrons. The van der Waals surface area contributed by atoms with E-state index >= 15 is 0 Å². The molecule has 0 aliphatic carbocycles. The van der Waals surface area contributed by atoms with Crippen molar-refractivity contribution in [3.8, 4) is 0 Å². The Kier molecular flexibility index (Phi) is 11.3. The minimum Gasteiger partial charge on any atom is -0.542 e. The summed E-state index contributed by atoms with van der Waals surface area (Å²) in [6, 6.07) is 0. The van der Waals surface area contributed by atoms with E-state index < -0.39 is 34.7 Å². The van der Waals surface area contributed by atoms with Crippen LogP contribution in [0.5, 0.6) is 0 Å². The number of fused-ring (bicyclic) bond motifs is 2. The van der Waals surface area contributed by atoms with E-state index in [0.29, 0.717) is 20.4 Å². The number of carbonyl (C=O) groups is 2. The fraction of sp³-hybridized carbons (Fsp3) is 0.417. The Morgan fingerprint density at radius 3 is 1.21 bits per heavy atom. The zero-order valence-electron chi connectivity index (χ0n) is 23.2. The van der Waals surface area contributed by atoms with E-state index in [1.54, 1.807) is 0 Å². The summed E-state index contributed by atoms with van der Waals surface area (Å²) in [5.41, 5.74) is 0.654. The molecule has 192 valence electrons. The second-order valence-electron chi connectivity index (χ2n) is 10.4. The first-order chi connectivity index (χ1) is 16.4. The molecule has 0 amide bonds. The molecule has 0 fully saturated rings. The molecule has 14 heteroatoms. The topological polar surface area (TPSA) is 172 Å². The Morgan fingerprint density at radius 1 is 0.684 bits per heavy atom.